The Morgan fingerprint density at radius 2 is 2.10 bits per heavy atom. The van der Waals surface area contributed by atoms with Gasteiger partial charge in [-0.2, -0.15) is 0 Å². The summed E-state index contributed by atoms with van der Waals surface area (Å²) in [5, 5.41) is 10.8. The zero-order valence-electron chi connectivity index (χ0n) is 10.1. The number of esters is 1. The Hall–Kier alpha value is -1.19. The lowest BCUT2D eigenvalue weighted by atomic mass is 10.2. The molecule has 0 saturated carbocycles. The number of hydrogen-bond donors (Lipinski definition) is 0. The summed E-state index contributed by atoms with van der Waals surface area (Å²) in [6, 6.07) is 1.69. The van der Waals surface area contributed by atoms with E-state index in [9.17, 15) is 23.3 Å². The maximum atomic E-state index is 11.8. The van der Waals surface area contributed by atoms with E-state index in [1.807, 2.05) is 0 Å². The second-order valence-corrected chi connectivity index (χ2v) is 6.96. The molecule has 1 aromatic carbocycles. The van der Waals surface area contributed by atoms with E-state index < -0.39 is 30.5 Å². The molecule has 0 N–H and O–H groups in total. The van der Waals surface area contributed by atoms with E-state index in [1.165, 1.54) is 0 Å². The van der Waals surface area contributed by atoms with E-state index in [4.69, 9.17) is 15.4 Å². The van der Waals surface area contributed by atoms with Crippen LogP contribution in [0.5, 0.6) is 0 Å². The molecule has 10 heteroatoms. The molecule has 1 rings (SSSR count). The minimum atomic E-state index is -4.25. The number of rotatable bonds is 5. The Bertz CT molecular complexity index is 660. The Balaban J connectivity index is 3.47. The molecule has 0 amide bonds. The van der Waals surface area contributed by atoms with Gasteiger partial charge in [-0.25, -0.2) is 13.2 Å². The highest BCUT2D eigenvalue weighted by atomic mass is 79.9. The largest absolute Gasteiger partial charge is 0.462 e. The third-order valence-electron chi connectivity index (χ3n) is 2.15. The first-order valence-electron chi connectivity index (χ1n) is 5.28. The molecule has 0 radical (unpaired) electrons. The number of carbonyl (C=O) groups excluding carboxylic acids is 1. The van der Waals surface area contributed by atoms with E-state index in [0.717, 1.165) is 12.1 Å². The van der Waals surface area contributed by atoms with Crippen molar-refractivity contribution in [3.8, 4) is 0 Å². The molecule has 0 aliphatic carbocycles. The monoisotopic (exact) mass is 385 g/mol. The van der Waals surface area contributed by atoms with E-state index >= 15 is 0 Å². The predicted molar refractivity (Wildman–Crippen MR) is 74.4 cm³/mol. The number of benzene rings is 1. The second-order valence-electron chi connectivity index (χ2n) is 3.64. The van der Waals surface area contributed by atoms with Gasteiger partial charge in [-0.15, -0.1) is 0 Å². The standard InChI is InChI=1S/C10H9BrClNO6S/c1-2-3-19-10(14)7-4-6(13(15)16)5-8(9(7)11)20(12,17)18/h4-5H,2-3H2,1H3. The van der Waals surface area contributed by atoms with Gasteiger partial charge in [-0.05, 0) is 22.4 Å². The second kappa shape index (κ2) is 6.51. The fourth-order valence-electron chi connectivity index (χ4n) is 1.29. The first kappa shape index (κ1) is 16.9. The smallest absolute Gasteiger partial charge is 0.339 e. The van der Waals surface area contributed by atoms with Gasteiger partial charge in [-0.3, -0.25) is 10.1 Å². The van der Waals surface area contributed by atoms with Gasteiger partial charge >= 0.3 is 5.97 Å². The summed E-state index contributed by atoms with van der Waals surface area (Å²) in [5.41, 5.74) is -0.845. The third kappa shape index (κ3) is 3.90. The molecule has 0 heterocycles. The molecule has 0 saturated heterocycles. The molecule has 110 valence electrons. The molecule has 7 nitrogen and oxygen atoms in total. The lowest BCUT2D eigenvalue weighted by Crippen LogP contribution is -2.09. The average molecular weight is 387 g/mol. The molecule has 0 aliphatic heterocycles. The van der Waals surface area contributed by atoms with Crippen LogP contribution in [-0.4, -0.2) is 25.9 Å². The van der Waals surface area contributed by atoms with Crippen molar-refractivity contribution >= 4 is 47.3 Å². The highest BCUT2D eigenvalue weighted by Gasteiger charge is 2.26. The predicted octanol–water partition coefficient (Wildman–Crippen LogP) is 2.85. The summed E-state index contributed by atoms with van der Waals surface area (Å²) in [4.78, 5) is 21.2. The van der Waals surface area contributed by atoms with Crippen LogP contribution in [0.4, 0.5) is 5.69 Å². The SMILES string of the molecule is CCCOC(=O)c1cc([N+](=O)[O-])cc(S(=O)(=O)Cl)c1Br. The highest BCUT2D eigenvalue weighted by Crippen LogP contribution is 2.33. The van der Waals surface area contributed by atoms with Crippen molar-refractivity contribution in [3.63, 3.8) is 0 Å². The normalized spacial score (nSPS) is 11.2. The maximum Gasteiger partial charge on any atom is 0.339 e. The van der Waals surface area contributed by atoms with Crippen LogP contribution in [0.2, 0.25) is 0 Å². The van der Waals surface area contributed by atoms with Crippen LogP contribution < -0.4 is 0 Å². The lowest BCUT2D eigenvalue weighted by molar-refractivity contribution is -0.385. The van der Waals surface area contributed by atoms with Crippen LogP contribution in [0, 0.1) is 10.1 Å². The summed E-state index contributed by atoms with van der Waals surface area (Å²) in [5.74, 6) is -0.871. The van der Waals surface area contributed by atoms with Gasteiger partial charge in [0.2, 0.25) is 0 Å². The number of halogens is 2. The average Bonchev–Trinajstić information content (AvgIpc) is 2.34. The van der Waals surface area contributed by atoms with Crippen LogP contribution in [0.1, 0.15) is 23.7 Å². The highest BCUT2D eigenvalue weighted by molar-refractivity contribution is 9.10. The molecule has 0 atom stereocenters. The summed E-state index contributed by atoms with van der Waals surface area (Å²) < 4.78 is 27.4. The van der Waals surface area contributed by atoms with Crippen molar-refractivity contribution < 1.29 is 22.9 Å². The first-order chi connectivity index (χ1) is 9.18. The summed E-state index contributed by atoms with van der Waals surface area (Å²) in [7, 11) is 0.936. The lowest BCUT2D eigenvalue weighted by Gasteiger charge is -2.08. The van der Waals surface area contributed by atoms with Crippen LogP contribution in [0.15, 0.2) is 21.5 Å². The Morgan fingerprint density at radius 3 is 2.55 bits per heavy atom. The molecule has 20 heavy (non-hydrogen) atoms. The molecule has 1 aromatic rings. The van der Waals surface area contributed by atoms with Gasteiger partial charge in [0.25, 0.3) is 14.7 Å². The summed E-state index contributed by atoms with van der Waals surface area (Å²) in [6.07, 6.45) is 0.555. The quantitative estimate of drug-likeness (QED) is 0.333. The summed E-state index contributed by atoms with van der Waals surface area (Å²) in [6.45, 7) is 1.88. The van der Waals surface area contributed by atoms with E-state index in [1.54, 1.807) is 6.92 Å². The number of carbonyl (C=O) groups is 1. The van der Waals surface area contributed by atoms with Crippen molar-refractivity contribution in [2.75, 3.05) is 6.61 Å². The van der Waals surface area contributed by atoms with E-state index in [2.05, 4.69) is 15.9 Å². The van der Waals surface area contributed by atoms with Crippen LogP contribution in [0.3, 0.4) is 0 Å². The Kier molecular flexibility index (Phi) is 5.49. The number of non-ortho nitro benzene ring substituents is 1. The van der Waals surface area contributed by atoms with Crippen molar-refractivity contribution in [3.05, 3.63) is 32.3 Å². The third-order valence-corrected chi connectivity index (χ3v) is 4.62. The van der Waals surface area contributed by atoms with Crippen molar-refractivity contribution in [1.82, 2.24) is 0 Å². The molecular weight excluding hydrogens is 378 g/mol. The van der Waals surface area contributed by atoms with Gasteiger partial charge in [-0.1, -0.05) is 6.92 Å². The van der Waals surface area contributed by atoms with Crippen molar-refractivity contribution in [1.29, 1.82) is 0 Å². The fraction of sp³-hybridized carbons (Fsp3) is 0.300. The number of nitrogens with zero attached hydrogens (tertiary/aromatic N) is 1. The molecule has 0 aliphatic rings. The molecule has 0 bridgehead atoms. The van der Waals surface area contributed by atoms with Gasteiger partial charge in [0.15, 0.2) is 0 Å². The van der Waals surface area contributed by atoms with Crippen molar-refractivity contribution in [2.45, 2.75) is 18.2 Å². The van der Waals surface area contributed by atoms with E-state index in [0.29, 0.717) is 6.42 Å². The maximum absolute atomic E-state index is 11.8. The molecule has 0 fully saturated rings. The minimum absolute atomic E-state index is 0.108. The molecule has 0 spiro atoms. The van der Waals surface area contributed by atoms with Gasteiger partial charge in [0.05, 0.1) is 21.6 Å². The fourth-order valence-corrected chi connectivity index (χ4v) is 3.55. The number of nitro benzene ring substituents is 1. The van der Waals surface area contributed by atoms with Gasteiger partial charge < -0.3 is 4.74 Å². The minimum Gasteiger partial charge on any atom is -0.462 e. The zero-order valence-corrected chi connectivity index (χ0v) is 13.3. The number of ether oxygens (including phenoxy) is 1. The number of hydrogen-bond acceptors (Lipinski definition) is 6. The zero-order chi connectivity index (χ0) is 15.5. The first-order valence-corrected chi connectivity index (χ1v) is 8.38. The van der Waals surface area contributed by atoms with Gasteiger partial charge in [0, 0.05) is 22.8 Å². The molecule has 0 unspecified atom stereocenters. The Labute approximate surface area is 127 Å². The van der Waals surface area contributed by atoms with E-state index in [-0.39, 0.29) is 16.6 Å². The van der Waals surface area contributed by atoms with Crippen LogP contribution >= 0.6 is 26.6 Å². The van der Waals surface area contributed by atoms with Gasteiger partial charge in [0.1, 0.15) is 4.90 Å². The molecular formula is C10H9BrClNO6S. The number of nitro groups is 1. The Morgan fingerprint density at radius 1 is 1.50 bits per heavy atom. The van der Waals surface area contributed by atoms with Crippen LogP contribution in [-0.2, 0) is 13.8 Å². The molecule has 0 aromatic heterocycles. The summed E-state index contributed by atoms with van der Waals surface area (Å²) >= 11 is 2.91. The topological polar surface area (TPSA) is 104 Å². The van der Waals surface area contributed by atoms with Crippen molar-refractivity contribution in [2.24, 2.45) is 0 Å². The van der Waals surface area contributed by atoms with Crippen LogP contribution in [0.25, 0.3) is 0 Å².